The molecule has 0 radical (unpaired) electrons. The lowest BCUT2D eigenvalue weighted by Crippen LogP contribution is -2.11. The normalized spacial score (nSPS) is 12.4. The third-order valence-electron chi connectivity index (χ3n) is 5.05. The van der Waals surface area contributed by atoms with Gasteiger partial charge in [-0.3, -0.25) is 0 Å². The van der Waals surface area contributed by atoms with E-state index in [1.165, 1.54) is 24.5 Å². The summed E-state index contributed by atoms with van der Waals surface area (Å²) in [7, 11) is 0. The number of benzene rings is 2. The molecule has 1 atom stereocenters. The van der Waals surface area contributed by atoms with Crippen molar-refractivity contribution in [2.45, 2.75) is 13.0 Å². The zero-order chi connectivity index (χ0) is 21.5. The average molecular weight is 453 g/mol. The van der Waals surface area contributed by atoms with Crippen LogP contribution in [0.1, 0.15) is 18.5 Å². The Bertz CT molecular complexity index is 1430. The Morgan fingerprint density at radius 1 is 1.03 bits per heavy atom. The van der Waals surface area contributed by atoms with E-state index in [1.54, 1.807) is 12.4 Å². The highest BCUT2D eigenvalue weighted by molar-refractivity contribution is 6.35. The molecule has 2 N–H and O–H groups in total. The van der Waals surface area contributed by atoms with Crippen LogP contribution in [0.2, 0.25) is 10.0 Å². The summed E-state index contributed by atoms with van der Waals surface area (Å²) in [6.07, 6.45) is 3.01. The summed E-state index contributed by atoms with van der Waals surface area (Å²) in [6.45, 7) is 1.97. The summed E-state index contributed by atoms with van der Waals surface area (Å²) in [5.74, 6) is 0.194. The number of nitrogens with one attached hydrogen (secondary N) is 2. The molecular formula is C22H15Cl2FN6. The number of aromatic nitrogens is 5. The van der Waals surface area contributed by atoms with E-state index in [4.69, 9.17) is 28.2 Å². The number of aromatic amines is 1. The Morgan fingerprint density at radius 2 is 1.90 bits per heavy atom. The first-order valence-electron chi connectivity index (χ1n) is 9.46. The van der Waals surface area contributed by atoms with E-state index in [-0.39, 0.29) is 6.04 Å². The lowest BCUT2D eigenvalue weighted by Gasteiger charge is -2.20. The first-order chi connectivity index (χ1) is 15.0. The minimum absolute atomic E-state index is 0.258. The van der Waals surface area contributed by atoms with E-state index < -0.39 is 5.82 Å². The number of para-hydroxylation sites is 1. The molecule has 0 amide bonds. The fourth-order valence-electron chi connectivity index (χ4n) is 3.56. The van der Waals surface area contributed by atoms with Crippen LogP contribution in [0.3, 0.4) is 0 Å². The number of pyridine rings is 1. The van der Waals surface area contributed by atoms with Crippen molar-refractivity contribution in [1.82, 2.24) is 24.9 Å². The van der Waals surface area contributed by atoms with Crippen molar-refractivity contribution in [3.63, 3.8) is 0 Å². The largest absolute Gasteiger partial charge is 0.362 e. The molecule has 5 rings (SSSR count). The van der Waals surface area contributed by atoms with Crippen molar-refractivity contribution < 1.29 is 4.39 Å². The highest BCUT2D eigenvalue weighted by atomic mass is 35.5. The quantitative estimate of drug-likeness (QED) is 0.339. The number of imidazole rings is 1. The second kappa shape index (κ2) is 7.76. The first-order valence-corrected chi connectivity index (χ1v) is 10.2. The number of fused-ring (bicyclic) bond motifs is 2. The summed E-state index contributed by atoms with van der Waals surface area (Å²) in [6, 6.07) is 11.5. The van der Waals surface area contributed by atoms with Crippen molar-refractivity contribution in [1.29, 1.82) is 0 Å². The lowest BCUT2D eigenvalue weighted by atomic mass is 9.98. The van der Waals surface area contributed by atoms with Crippen LogP contribution >= 0.6 is 23.2 Å². The number of nitrogens with zero attached hydrogens (tertiary/aromatic N) is 4. The van der Waals surface area contributed by atoms with Gasteiger partial charge < -0.3 is 10.3 Å². The zero-order valence-corrected chi connectivity index (χ0v) is 17.7. The van der Waals surface area contributed by atoms with Gasteiger partial charge in [-0.25, -0.2) is 24.3 Å². The van der Waals surface area contributed by atoms with E-state index in [1.807, 2.05) is 25.1 Å². The van der Waals surface area contributed by atoms with Gasteiger partial charge in [0, 0.05) is 16.5 Å². The van der Waals surface area contributed by atoms with Crippen LogP contribution in [-0.4, -0.2) is 24.9 Å². The number of hydrogen-bond donors (Lipinski definition) is 2. The average Bonchev–Trinajstić information content (AvgIpc) is 3.25. The molecule has 2 aromatic carbocycles. The number of H-pyrrole nitrogens is 1. The van der Waals surface area contributed by atoms with Crippen LogP contribution in [0.4, 0.5) is 10.2 Å². The van der Waals surface area contributed by atoms with Crippen LogP contribution in [0.15, 0.2) is 55.1 Å². The van der Waals surface area contributed by atoms with Gasteiger partial charge >= 0.3 is 0 Å². The van der Waals surface area contributed by atoms with Crippen molar-refractivity contribution in [3.05, 3.63) is 76.5 Å². The molecule has 0 aliphatic heterocycles. The third-order valence-corrected chi connectivity index (χ3v) is 5.69. The third kappa shape index (κ3) is 3.56. The predicted molar refractivity (Wildman–Crippen MR) is 121 cm³/mol. The molecule has 31 heavy (non-hydrogen) atoms. The summed E-state index contributed by atoms with van der Waals surface area (Å²) < 4.78 is 14.1. The Kier molecular flexibility index (Phi) is 4.92. The van der Waals surface area contributed by atoms with Crippen LogP contribution in [0, 0.1) is 5.82 Å². The molecular weight excluding hydrogens is 438 g/mol. The van der Waals surface area contributed by atoms with Gasteiger partial charge in [0.05, 0.1) is 33.6 Å². The Labute approximate surface area is 186 Å². The van der Waals surface area contributed by atoms with Crippen molar-refractivity contribution in [2.75, 3.05) is 5.32 Å². The van der Waals surface area contributed by atoms with E-state index >= 15 is 0 Å². The predicted octanol–water partition coefficient (Wildman–Crippen LogP) is 6.19. The maximum Gasteiger partial charge on any atom is 0.182 e. The minimum atomic E-state index is -0.401. The van der Waals surface area contributed by atoms with Gasteiger partial charge in [0.15, 0.2) is 11.5 Å². The highest BCUT2D eigenvalue weighted by Crippen LogP contribution is 2.37. The maximum absolute atomic E-state index is 14.1. The second-order valence-corrected chi connectivity index (χ2v) is 7.87. The summed E-state index contributed by atoms with van der Waals surface area (Å²) in [5.41, 5.74) is 3.71. The SMILES string of the molecule is C[C@H](Nc1ncnc2nc[nH]c12)c1cc2cccc(Cl)c2nc1-c1cc(F)ccc1Cl. The molecule has 0 aliphatic carbocycles. The van der Waals surface area contributed by atoms with Crippen molar-refractivity contribution in [2.24, 2.45) is 0 Å². The van der Waals surface area contributed by atoms with Gasteiger partial charge in [0.1, 0.15) is 17.7 Å². The fourth-order valence-corrected chi connectivity index (χ4v) is 3.99. The minimum Gasteiger partial charge on any atom is -0.362 e. The molecule has 154 valence electrons. The molecule has 0 unspecified atom stereocenters. The molecule has 0 saturated heterocycles. The van der Waals surface area contributed by atoms with Crippen molar-refractivity contribution >= 4 is 51.1 Å². The van der Waals surface area contributed by atoms with Crippen LogP contribution < -0.4 is 5.32 Å². The van der Waals surface area contributed by atoms with Crippen LogP contribution in [0.5, 0.6) is 0 Å². The summed E-state index contributed by atoms with van der Waals surface area (Å²) >= 11 is 12.8. The topological polar surface area (TPSA) is 79.4 Å². The molecule has 0 fully saturated rings. The van der Waals surface area contributed by atoms with Gasteiger partial charge in [-0.2, -0.15) is 0 Å². The summed E-state index contributed by atoms with van der Waals surface area (Å²) in [4.78, 5) is 20.5. The van der Waals surface area contributed by atoms with E-state index in [0.29, 0.717) is 43.8 Å². The number of halogens is 3. The number of hydrogen-bond acceptors (Lipinski definition) is 5. The van der Waals surface area contributed by atoms with Gasteiger partial charge in [-0.1, -0.05) is 35.3 Å². The number of rotatable bonds is 4. The second-order valence-electron chi connectivity index (χ2n) is 7.05. The Morgan fingerprint density at radius 3 is 2.77 bits per heavy atom. The molecule has 3 aromatic heterocycles. The molecule has 0 aliphatic rings. The number of anilines is 1. The van der Waals surface area contributed by atoms with Gasteiger partial charge in [-0.15, -0.1) is 0 Å². The van der Waals surface area contributed by atoms with Crippen molar-refractivity contribution in [3.8, 4) is 11.3 Å². The molecule has 3 heterocycles. The van der Waals surface area contributed by atoms with E-state index in [0.717, 1.165) is 10.9 Å². The van der Waals surface area contributed by atoms with Crippen LogP contribution in [0.25, 0.3) is 33.3 Å². The molecule has 0 spiro atoms. The fraction of sp³-hybridized carbons (Fsp3) is 0.0909. The molecule has 9 heteroatoms. The summed E-state index contributed by atoms with van der Waals surface area (Å²) in [5, 5.41) is 5.14. The van der Waals surface area contributed by atoms with Gasteiger partial charge in [-0.05, 0) is 37.3 Å². The van der Waals surface area contributed by atoms with E-state index in [2.05, 4.69) is 25.3 Å². The van der Waals surface area contributed by atoms with Crippen LogP contribution in [-0.2, 0) is 0 Å². The molecule has 6 nitrogen and oxygen atoms in total. The molecule has 0 saturated carbocycles. The van der Waals surface area contributed by atoms with Gasteiger partial charge in [0.25, 0.3) is 0 Å². The zero-order valence-electron chi connectivity index (χ0n) is 16.2. The Balaban J connectivity index is 1.69. The smallest absolute Gasteiger partial charge is 0.182 e. The molecule has 0 bridgehead atoms. The first kappa shape index (κ1) is 19.7. The lowest BCUT2D eigenvalue weighted by molar-refractivity contribution is 0.628. The highest BCUT2D eigenvalue weighted by Gasteiger charge is 2.20. The Hall–Kier alpha value is -3.29. The maximum atomic E-state index is 14.1. The monoisotopic (exact) mass is 452 g/mol. The van der Waals surface area contributed by atoms with E-state index in [9.17, 15) is 4.39 Å². The standard InChI is InChI=1S/C22H15Cl2FN6/c1-11(30-22-20-21(27-9-26-20)28-10-29-22)14-7-12-3-2-4-17(24)18(12)31-19(14)15-8-13(25)5-6-16(15)23/h2-11H,1H3,(H2,26,27,28,29,30)/t11-/m0/s1. The van der Waals surface area contributed by atoms with Gasteiger partial charge in [0.2, 0.25) is 0 Å². The molecule has 5 aromatic rings.